The maximum absolute atomic E-state index is 12.6. The van der Waals surface area contributed by atoms with E-state index in [2.05, 4.69) is 38.0 Å². The van der Waals surface area contributed by atoms with E-state index in [9.17, 15) is 4.79 Å². The maximum atomic E-state index is 12.6. The van der Waals surface area contributed by atoms with Gasteiger partial charge in [-0.25, -0.2) is 0 Å². The molecule has 1 amide bonds. The second kappa shape index (κ2) is 9.18. The summed E-state index contributed by atoms with van der Waals surface area (Å²) in [5, 5.41) is 0. The standard InChI is InChI=1S/C16H32N4O/c1-18(2)9-5-11-20(12-6-10-19(3)4)16(21)14-7-8-15(17)13-14/h7-8,14-15H,5-6,9-13,17H2,1-4H3. The van der Waals surface area contributed by atoms with Crippen LogP contribution in [0.2, 0.25) is 0 Å². The van der Waals surface area contributed by atoms with E-state index in [1.54, 1.807) is 0 Å². The van der Waals surface area contributed by atoms with Crippen LogP contribution < -0.4 is 5.73 Å². The maximum Gasteiger partial charge on any atom is 0.229 e. The van der Waals surface area contributed by atoms with Crippen LogP contribution in [0.15, 0.2) is 12.2 Å². The summed E-state index contributed by atoms with van der Waals surface area (Å²) < 4.78 is 0. The Morgan fingerprint density at radius 2 is 1.52 bits per heavy atom. The Labute approximate surface area is 129 Å². The first kappa shape index (κ1) is 18.1. The van der Waals surface area contributed by atoms with Gasteiger partial charge in [0.15, 0.2) is 0 Å². The lowest BCUT2D eigenvalue weighted by atomic mass is 10.1. The largest absolute Gasteiger partial charge is 0.342 e. The molecule has 1 aliphatic carbocycles. The molecule has 0 saturated heterocycles. The van der Waals surface area contributed by atoms with Crippen molar-refractivity contribution in [2.75, 3.05) is 54.4 Å². The molecule has 2 N–H and O–H groups in total. The highest BCUT2D eigenvalue weighted by Gasteiger charge is 2.26. The number of rotatable bonds is 9. The molecule has 2 atom stereocenters. The molecule has 0 aliphatic heterocycles. The number of nitrogens with two attached hydrogens (primary N) is 1. The zero-order valence-corrected chi connectivity index (χ0v) is 14.1. The van der Waals surface area contributed by atoms with Crippen LogP contribution in [0.25, 0.3) is 0 Å². The highest BCUT2D eigenvalue weighted by Crippen LogP contribution is 2.19. The highest BCUT2D eigenvalue weighted by molar-refractivity contribution is 5.81. The number of nitrogens with zero attached hydrogens (tertiary/aromatic N) is 3. The van der Waals surface area contributed by atoms with Crippen molar-refractivity contribution < 1.29 is 4.79 Å². The summed E-state index contributed by atoms with van der Waals surface area (Å²) in [5.41, 5.74) is 5.87. The molecule has 0 aromatic heterocycles. The van der Waals surface area contributed by atoms with Crippen LogP contribution in [0.5, 0.6) is 0 Å². The first-order valence-electron chi connectivity index (χ1n) is 7.92. The van der Waals surface area contributed by atoms with Crippen molar-refractivity contribution in [1.82, 2.24) is 14.7 Å². The van der Waals surface area contributed by atoms with E-state index in [1.807, 2.05) is 17.1 Å². The monoisotopic (exact) mass is 296 g/mol. The third-order valence-corrected chi connectivity index (χ3v) is 3.81. The Balaban J connectivity index is 2.49. The number of carbonyl (C=O) groups excluding carboxylic acids is 1. The summed E-state index contributed by atoms with van der Waals surface area (Å²) in [6, 6.07) is 0.0457. The number of hydrogen-bond acceptors (Lipinski definition) is 4. The summed E-state index contributed by atoms with van der Waals surface area (Å²) in [5.74, 6) is 0.232. The normalized spacial score (nSPS) is 21.5. The van der Waals surface area contributed by atoms with Crippen molar-refractivity contribution in [3.05, 3.63) is 12.2 Å². The Bertz CT molecular complexity index is 327. The predicted octanol–water partition coefficient (Wildman–Crippen LogP) is 0.622. The average Bonchev–Trinajstić information content (AvgIpc) is 2.82. The van der Waals surface area contributed by atoms with Crippen molar-refractivity contribution in [2.24, 2.45) is 11.7 Å². The molecule has 1 rings (SSSR count). The molecule has 0 fully saturated rings. The van der Waals surface area contributed by atoms with Crippen molar-refractivity contribution in [1.29, 1.82) is 0 Å². The molecule has 0 radical (unpaired) electrons. The van der Waals surface area contributed by atoms with Gasteiger partial charge in [-0.2, -0.15) is 0 Å². The van der Waals surface area contributed by atoms with Crippen LogP contribution in [0, 0.1) is 5.92 Å². The highest BCUT2D eigenvalue weighted by atomic mass is 16.2. The SMILES string of the molecule is CN(C)CCCN(CCCN(C)C)C(=O)C1C=CC(N)C1. The van der Waals surface area contributed by atoms with Crippen LogP contribution in [0.3, 0.4) is 0 Å². The zero-order valence-electron chi connectivity index (χ0n) is 14.1. The second-order valence-electron chi connectivity index (χ2n) is 6.53. The molecule has 0 aromatic carbocycles. The van der Waals surface area contributed by atoms with Gasteiger partial charge in [0.2, 0.25) is 5.91 Å². The minimum absolute atomic E-state index is 0.0151. The predicted molar refractivity (Wildman–Crippen MR) is 88.1 cm³/mol. The van der Waals surface area contributed by atoms with E-state index in [0.29, 0.717) is 0 Å². The molecule has 2 unspecified atom stereocenters. The van der Waals surface area contributed by atoms with Crippen LogP contribution in [-0.2, 0) is 4.79 Å². The van der Waals surface area contributed by atoms with Gasteiger partial charge in [-0.3, -0.25) is 4.79 Å². The molecular formula is C16H32N4O. The van der Waals surface area contributed by atoms with Gasteiger partial charge in [0.05, 0.1) is 5.92 Å². The Hall–Kier alpha value is -0.910. The molecule has 21 heavy (non-hydrogen) atoms. The topological polar surface area (TPSA) is 52.8 Å². The van der Waals surface area contributed by atoms with E-state index in [0.717, 1.165) is 45.4 Å². The minimum atomic E-state index is -0.0151. The van der Waals surface area contributed by atoms with Crippen LogP contribution in [-0.4, -0.2) is 81.0 Å². The number of hydrogen-bond donors (Lipinski definition) is 1. The van der Waals surface area contributed by atoms with Gasteiger partial charge in [-0.05, 0) is 60.5 Å². The van der Waals surface area contributed by atoms with E-state index >= 15 is 0 Å². The quantitative estimate of drug-likeness (QED) is 0.634. The molecule has 0 bridgehead atoms. The van der Waals surface area contributed by atoms with Crippen LogP contribution in [0.4, 0.5) is 0 Å². The van der Waals surface area contributed by atoms with Gasteiger partial charge in [0, 0.05) is 19.1 Å². The summed E-state index contributed by atoms with van der Waals surface area (Å²) in [7, 11) is 8.27. The van der Waals surface area contributed by atoms with Gasteiger partial charge in [-0.1, -0.05) is 12.2 Å². The fourth-order valence-corrected chi connectivity index (χ4v) is 2.63. The Morgan fingerprint density at radius 1 is 1.00 bits per heavy atom. The van der Waals surface area contributed by atoms with Gasteiger partial charge >= 0.3 is 0 Å². The van der Waals surface area contributed by atoms with Crippen molar-refractivity contribution in [3.63, 3.8) is 0 Å². The summed E-state index contributed by atoms with van der Waals surface area (Å²) >= 11 is 0. The summed E-state index contributed by atoms with van der Waals surface area (Å²) in [6.07, 6.45) is 6.74. The molecule has 0 saturated carbocycles. The molecule has 0 heterocycles. The third-order valence-electron chi connectivity index (χ3n) is 3.81. The van der Waals surface area contributed by atoms with Crippen molar-refractivity contribution >= 4 is 5.91 Å². The molecular weight excluding hydrogens is 264 g/mol. The van der Waals surface area contributed by atoms with Crippen LogP contribution in [0.1, 0.15) is 19.3 Å². The lowest BCUT2D eigenvalue weighted by Gasteiger charge is -2.26. The average molecular weight is 296 g/mol. The summed E-state index contributed by atoms with van der Waals surface area (Å²) in [4.78, 5) is 19.0. The number of amides is 1. The fourth-order valence-electron chi connectivity index (χ4n) is 2.63. The zero-order chi connectivity index (χ0) is 15.8. The molecule has 5 nitrogen and oxygen atoms in total. The van der Waals surface area contributed by atoms with E-state index in [-0.39, 0.29) is 17.9 Å². The molecule has 5 heteroatoms. The molecule has 0 aromatic rings. The number of carbonyl (C=O) groups is 1. The van der Waals surface area contributed by atoms with Crippen LogP contribution >= 0.6 is 0 Å². The molecule has 0 spiro atoms. The van der Waals surface area contributed by atoms with Crippen molar-refractivity contribution in [2.45, 2.75) is 25.3 Å². The Kier molecular flexibility index (Phi) is 7.93. The van der Waals surface area contributed by atoms with E-state index in [4.69, 9.17) is 5.73 Å². The first-order valence-corrected chi connectivity index (χ1v) is 7.92. The van der Waals surface area contributed by atoms with Crippen molar-refractivity contribution in [3.8, 4) is 0 Å². The lowest BCUT2D eigenvalue weighted by molar-refractivity contribution is -0.134. The van der Waals surface area contributed by atoms with Gasteiger partial charge in [-0.15, -0.1) is 0 Å². The fraction of sp³-hybridized carbons (Fsp3) is 0.812. The molecule has 1 aliphatic rings. The first-order chi connectivity index (χ1) is 9.90. The summed E-state index contributed by atoms with van der Waals surface area (Å²) in [6.45, 7) is 3.70. The third kappa shape index (κ3) is 7.07. The van der Waals surface area contributed by atoms with E-state index in [1.165, 1.54) is 0 Å². The van der Waals surface area contributed by atoms with Gasteiger partial charge < -0.3 is 20.4 Å². The van der Waals surface area contributed by atoms with Gasteiger partial charge in [0.1, 0.15) is 0 Å². The second-order valence-corrected chi connectivity index (χ2v) is 6.53. The van der Waals surface area contributed by atoms with E-state index < -0.39 is 0 Å². The smallest absolute Gasteiger partial charge is 0.229 e. The lowest BCUT2D eigenvalue weighted by Crippen LogP contribution is -2.39. The van der Waals surface area contributed by atoms with Gasteiger partial charge in [0.25, 0.3) is 0 Å². The molecule has 122 valence electrons. The minimum Gasteiger partial charge on any atom is -0.342 e. The Morgan fingerprint density at radius 3 is 1.90 bits per heavy atom.